The summed E-state index contributed by atoms with van der Waals surface area (Å²) in [6, 6.07) is 15.8. The van der Waals surface area contributed by atoms with Crippen LogP contribution in [0, 0.1) is 6.92 Å². The molecule has 4 heteroatoms. The van der Waals surface area contributed by atoms with Crippen LogP contribution in [0.25, 0.3) is 0 Å². The summed E-state index contributed by atoms with van der Waals surface area (Å²) < 4.78 is 5.61. The van der Waals surface area contributed by atoms with Crippen LogP contribution in [-0.4, -0.2) is 19.3 Å². The van der Waals surface area contributed by atoms with Crippen molar-refractivity contribution in [3.05, 3.63) is 65.2 Å². The van der Waals surface area contributed by atoms with Gasteiger partial charge < -0.3 is 15.4 Å². The monoisotopic (exact) mass is 312 g/mol. The molecule has 23 heavy (non-hydrogen) atoms. The molecule has 0 radical (unpaired) electrons. The van der Waals surface area contributed by atoms with Crippen molar-refractivity contribution >= 4 is 6.03 Å². The second kappa shape index (κ2) is 8.83. The predicted octanol–water partition coefficient (Wildman–Crippen LogP) is 3.44. The summed E-state index contributed by atoms with van der Waals surface area (Å²) in [6.07, 6.45) is 1.72. The molecule has 2 amide bonds. The Kier molecular flexibility index (Phi) is 6.48. The summed E-state index contributed by atoms with van der Waals surface area (Å²) in [5.41, 5.74) is 3.63. The van der Waals surface area contributed by atoms with Crippen molar-refractivity contribution in [1.82, 2.24) is 10.6 Å². The van der Waals surface area contributed by atoms with Gasteiger partial charge >= 0.3 is 6.03 Å². The lowest BCUT2D eigenvalue weighted by molar-refractivity contribution is 0.223. The summed E-state index contributed by atoms with van der Waals surface area (Å²) in [6.45, 7) is 4.91. The highest BCUT2D eigenvalue weighted by molar-refractivity contribution is 5.73. The number of ether oxygens (including phenoxy) is 1. The van der Waals surface area contributed by atoms with E-state index in [0.29, 0.717) is 6.54 Å². The number of urea groups is 1. The minimum Gasteiger partial charge on any atom is -0.473 e. The third-order valence-electron chi connectivity index (χ3n) is 3.76. The van der Waals surface area contributed by atoms with Crippen LogP contribution < -0.4 is 15.4 Å². The third kappa shape index (κ3) is 5.33. The number of aryl methyl sites for hydroxylation is 2. The smallest absolute Gasteiger partial charge is 0.317 e. The van der Waals surface area contributed by atoms with Crippen LogP contribution in [0.4, 0.5) is 4.79 Å². The number of nitrogens with one attached hydrogen (secondary N) is 2. The van der Waals surface area contributed by atoms with Crippen molar-refractivity contribution < 1.29 is 9.53 Å². The average molecular weight is 312 g/mol. The van der Waals surface area contributed by atoms with Crippen LogP contribution >= 0.6 is 0 Å². The van der Waals surface area contributed by atoms with Gasteiger partial charge in [0.15, 0.2) is 6.73 Å². The highest BCUT2D eigenvalue weighted by atomic mass is 16.5. The van der Waals surface area contributed by atoms with Crippen LogP contribution in [0.5, 0.6) is 5.75 Å². The first-order chi connectivity index (χ1) is 11.2. The fraction of sp³-hybridized carbons (Fsp3) is 0.316. The van der Waals surface area contributed by atoms with Crippen LogP contribution in [0.15, 0.2) is 48.5 Å². The molecule has 2 aromatic rings. The van der Waals surface area contributed by atoms with Crippen molar-refractivity contribution in [3.63, 3.8) is 0 Å². The Morgan fingerprint density at radius 3 is 2.43 bits per heavy atom. The minimum absolute atomic E-state index is 0.160. The van der Waals surface area contributed by atoms with E-state index in [4.69, 9.17) is 4.74 Å². The van der Waals surface area contributed by atoms with Gasteiger partial charge in [0.2, 0.25) is 0 Å². The first-order valence-corrected chi connectivity index (χ1v) is 7.97. The number of para-hydroxylation sites is 1. The number of amides is 2. The zero-order chi connectivity index (χ0) is 16.5. The lowest BCUT2D eigenvalue weighted by Gasteiger charge is -2.12. The molecule has 0 heterocycles. The van der Waals surface area contributed by atoms with E-state index in [-0.39, 0.29) is 12.8 Å². The third-order valence-corrected chi connectivity index (χ3v) is 3.76. The molecule has 0 aromatic heterocycles. The molecule has 0 aliphatic rings. The summed E-state index contributed by atoms with van der Waals surface area (Å²) in [4.78, 5) is 11.8. The molecule has 2 N–H and O–H groups in total. The van der Waals surface area contributed by atoms with Gasteiger partial charge in [-0.15, -0.1) is 0 Å². The Labute approximate surface area is 137 Å². The van der Waals surface area contributed by atoms with Gasteiger partial charge in [-0.25, -0.2) is 4.79 Å². The van der Waals surface area contributed by atoms with Crippen LogP contribution in [0.1, 0.15) is 23.6 Å². The second-order valence-electron chi connectivity index (χ2n) is 5.36. The van der Waals surface area contributed by atoms with E-state index in [0.717, 1.165) is 24.2 Å². The van der Waals surface area contributed by atoms with Gasteiger partial charge in [0.25, 0.3) is 0 Å². The van der Waals surface area contributed by atoms with E-state index in [1.807, 2.05) is 36.4 Å². The highest BCUT2D eigenvalue weighted by Crippen LogP contribution is 2.17. The van der Waals surface area contributed by atoms with Crippen LogP contribution in [0.2, 0.25) is 0 Å². The molecule has 122 valence electrons. The lowest BCUT2D eigenvalue weighted by atomic mass is 10.1. The Hall–Kier alpha value is -2.49. The largest absolute Gasteiger partial charge is 0.473 e. The number of hydrogen-bond acceptors (Lipinski definition) is 2. The van der Waals surface area contributed by atoms with Crippen LogP contribution in [0.3, 0.4) is 0 Å². The Balaban J connectivity index is 1.68. The van der Waals surface area contributed by atoms with Crippen molar-refractivity contribution in [2.24, 2.45) is 0 Å². The maximum absolute atomic E-state index is 11.8. The fourth-order valence-corrected chi connectivity index (χ4v) is 2.38. The van der Waals surface area contributed by atoms with Gasteiger partial charge in [-0.1, -0.05) is 49.4 Å². The molecule has 0 saturated carbocycles. The summed E-state index contributed by atoms with van der Waals surface area (Å²) >= 11 is 0. The quantitative estimate of drug-likeness (QED) is 0.770. The molecule has 0 atom stereocenters. The van der Waals surface area contributed by atoms with E-state index in [1.54, 1.807) is 0 Å². The van der Waals surface area contributed by atoms with E-state index in [1.165, 1.54) is 11.1 Å². The molecular formula is C19H24N2O2. The number of hydrogen-bond donors (Lipinski definition) is 2. The maximum Gasteiger partial charge on any atom is 0.317 e. The molecule has 0 bridgehead atoms. The van der Waals surface area contributed by atoms with Gasteiger partial charge in [0.05, 0.1) is 0 Å². The average Bonchev–Trinajstić information content (AvgIpc) is 2.57. The molecule has 0 fully saturated rings. The molecule has 4 nitrogen and oxygen atoms in total. The molecule has 0 saturated heterocycles. The first kappa shape index (κ1) is 16.9. The van der Waals surface area contributed by atoms with Gasteiger partial charge in [0.1, 0.15) is 5.75 Å². The normalized spacial score (nSPS) is 10.2. The zero-order valence-electron chi connectivity index (χ0n) is 13.8. The number of carbonyl (C=O) groups is 1. The van der Waals surface area contributed by atoms with Gasteiger partial charge in [-0.05, 0) is 42.5 Å². The number of benzene rings is 2. The molecule has 2 aromatic carbocycles. The Morgan fingerprint density at radius 2 is 1.70 bits per heavy atom. The molecule has 0 unspecified atom stereocenters. The standard InChI is InChI=1S/C19H24N2O2/c1-3-16-9-6-7-11-18(16)23-14-21-19(22)20-13-12-17-10-5-4-8-15(17)2/h4-11H,3,12-14H2,1-2H3,(H2,20,21,22). The van der Waals surface area contributed by atoms with Crippen molar-refractivity contribution in [2.75, 3.05) is 13.3 Å². The van der Waals surface area contributed by atoms with E-state index >= 15 is 0 Å². The molecule has 2 rings (SSSR count). The number of carbonyl (C=O) groups excluding carboxylic acids is 1. The Morgan fingerprint density at radius 1 is 1.00 bits per heavy atom. The first-order valence-electron chi connectivity index (χ1n) is 7.97. The SMILES string of the molecule is CCc1ccccc1OCNC(=O)NCCc1ccccc1C. The molecule has 0 spiro atoms. The summed E-state index contributed by atoms with van der Waals surface area (Å²) in [7, 11) is 0. The van der Waals surface area contributed by atoms with Crippen LogP contribution in [-0.2, 0) is 12.8 Å². The van der Waals surface area contributed by atoms with E-state index < -0.39 is 0 Å². The van der Waals surface area contributed by atoms with Gasteiger partial charge in [-0.3, -0.25) is 0 Å². The second-order valence-corrected chi connectivity index (χ2v) is 5.36. The highest BCUT2D eigenvalue weighted by Gasteiger charge is 2.03. The minimum atomic E-state index is -0.215. The Bertz CT molecular complexity index is 641. The van der Waals surface area contributed by atoms with Crippen molar-refractivity contribution in [3.8, 4) is 5.75 Å². The number of rotatable bonds is 7. The van der Waals surface area contributed by atoms with E-state index in [9.17, 15) is 4.79 Å². The summed E-state index contributed by atoms with van der Waals surface area (Å²) in [5.74, 6) is 0.815. The molecular weight excluding hydrogens is 288 g/mol. The van der Waals surface area contributed by atoms with Crippen molar-refractivity contribution in [2.45, 2.75) is 26.7 Å². The topological polar surface area (TPSA) is 50.4 Å². The van der Waals surface area contributed by atoms with Crippen molar-refractivity contribution in [1.29, 1.82) is 0 Å². The fourth-order valence-electron chi connectivity index (χ4n) is 2.38. The predicted molar refractivity (Wildman–Crippen MR) is 92.7 cm³/mol. The molecule has 0 aliphatic carbocycles. The van der Waals surface area contributed by atoms with Gasteiger partial charge in [-0.2, -0.15) is 0 Å². The zero-order valence-corrected chi connectivity index (χ0v) is 13.8. The van der Waals surface area contributed by atoms with Gasteiger partial charge in [0, 0.05) is 6.54 Å². The maximum atomic E-state index is 11.8. The summed E-state index contributed by atoms with van der Waals surface area (Å²) in [5, 5.41) is 5.55. The molecule has 0 aliphatic heterocycles. The van der Waals surface area contributed by atoms with E-state index in [2.05, 4.69) is 36.6 Å². The lowest BCUT2D eigenvalue weighted by Crippen LogP contribution is -2.38.